The third-order valence-corrected chi connectivity index (χ3v) is 6.97. The number of thioether (sulfide) groups is 1. The van der Waals surface area contributed by atoms with Crippen LogP contribution in [0.5, 0.6) is 0 Å². The summed E-state index contributed by atoms with van der Waals surface area (Å²) in [7, 11) is 0. The Morgan fingerprint density at radius 3 is 2.33 bits per heavy atom. The van der Waals surface area contributed by atoms with Gasteiger partial charge in [-0.15, -0.1) is 11.8 Å². The number of hydrogen-bond acceptors (Lipinski definition) is 7. The zero-order chi connectivity index (χ0) is 25.3. The van der Waals surface area contributed by atoms with E-state index in [0.717, 1.165) is 10.6 Å². The predicted octanol–water partition coefficient (Wildman–Crippen LogP) is 3.60. The molecule has 5 rings (SSSR count). The number of aliphatic imine (C=N–C) groups is 1. The standard InChI is InChI=1S/C24H20F3N5O3S/c25-24(26,27)23-29-19(30-35-23)16-7-4-8-17(13-16)21(33)31-9-11-32(12-10-31)22(34)18-14-36-20(28-18)15-5-2-1-3-6-15/h1-8,13,18H,9-12,14H2. The highest BCUT2D eigenvalue weighted by Gasteiger charge is 2.38. The van der Waals surface area contributed by atoms with Crippen LogP contribution in [-0.2, 0) is 11.0 Å². The Morgan fingerprint density at radius 1 is 0.944 bits per heavy atom. The van der Waals surface area contributed by atoms with E-state index in [4.69, 9.17) is 0 Å². The van der Waals surface area contributed by atoms with Gasteiger partial charge >= 0.3 is 12.1 Å². The summed E-state index contributed by atoms with van der Waals surface area (Å²) in [6.07, 6.45) is -4.75. The van der Waals surface area contributed by atoms with Crippen molar-refractivity contribution in [3.05, 3.63) is 71.6 Å². The highest BCUT2D eigenvalue weighted by Crippen LogP contribution is 2.30. The number of carbonyl (C=O) groups is 2. The van der Waals surface area contributed by atoms with Gasteiger partial charge in [0.05, 0.1) is 5.04 Å². The van der Waals surface area contributed by atoms with Crippen molar-refractivity contribution in [1.82, 2.24) is 19.9 Å². The highest BCUT2D eigenvalue weighted by atomic mass is 32.2. The van der Waals surface area contributed by atoms with Crippen molar-refractivity contribution in [3.63, 3.8) is 0 Å². The third-order valence-electron chi connectivity index (χ3n) is 5.87. The molecule has 2 amide bonds. The number of rotatable bonds is 4. The molecule has 1 saturated heterocycles. The summed E-state index contributed by atoms with van der Waals surface area (Å²) in [5.41, 5.74) is 1.51. The third kappa shape index (κ3) is 4.99. The first-order valence-electron chi connectivity index (χ1n) is 11.1. The van der Waals surface area contributed by atoms with Crippen molar-refractivity contribution in [2.24, 2.45) is 4.99 Å². The van der Waals surface area contributed by atoms with Gasteiger partial charge in [0.15, 0.2) is 0 Å². The molecular formula is C24H20F3N5O3S. The molecule has 0 saturated carbocycles. The van der Waals surface area contributed by atoms with Crippen molar-refractivity contribution in [3.8, 4) is 11.4 Å². The van der Waals surface area contributed by atoms with Crippen LogP contribution in [-0.4, -0.2) is 74.8 Å². The number of carbonyl (C=O) groups excluding carboxylic acids is 2. The second-order valence-electron chi connectivity index (χ2n) is 8.25. The number of piperazine rings is 1. The molecule has 0 radical (unpaired) electrons. The molecule has 0 aliphatic carbocycles. The van der Waals surface area contributed by atoms with Crippen LogP contribution in [0.25, 0.3) is 11.4 Å². The van der Waals surface area contributed by atoms with Gasteiger partial charge in [-0.25, -0.2) is 0 Å². The zero-order valence-corrected chi connectivity index (χ0v) is 19.6. The van der Waals surface area contributed by atoms with Crippen LogP contribution in [0.2, 0.25) is 0 Å². The lowest BCUT2D eigenvalue weighted by Crippen LogP contribution is -2.52. The maximum Gasteiger partial charge on any atom is 0.471 e. The van der Waals surface area contributed by atoms with E-state index in [1.54, 1.807) is 33.7 Å². The smallest absolute Gasteiger partial charge is 0.337 e. The van der Waals surface area contributed by atoms with E-state index in [9.17, 15) is 22.8 Å². The Hall–Kier alpha value is -3.67. The van der Waals surface area contributed by atoms with Crippen molar-refractivity contribution in [2.45, 2.75) is 12.2 Å². The first kappa shape index (κ1) is 24.0. The molecule has 1 aromatic heterocycles. The number of aromatic nitrogens is 2. The van der Waals surface area contributed by atoms with E-state index < -0.39 is 18.1 Å². The van der Waals surface area contributed by atoms with Gasteiger partial charge in [0.2, 0.25) is 11.7 Å². The number of benzene rings is 2. The van der Waals surface area contributed by atoms with Crippen LogP contribution in [0.3, 0.4) is 0 Å². The van der Waals surface area contributed by atoms with Gasteiger partial charge in [0.1, 0.15) is 6.04 Å². The van der Waals surface area contributed by atoms with Crippen LogP contribution >= 0.6 is 11.8 Å². The maximum absolute atomic E-state index is 13.0. The Bertz CT molecular complexity index is 1300. The lowest BCUT2D eigenvalue weighted by molar-refractivity contribution is -0.159. The first-order chi connectivity index (χ1) is 17.3. The average Bonchev–Trinajstić information content (AvgIpc) is 3.59. The van der Waals surface area contributed by atoms with E-state index in [2.05, 4.69) is 19.7 Å². The number of halogens is 3. The molecule has 36 heavy (non-hydrogen) atoms. The molecular weight excluding hydrogens is 495 g/mol. The molecule has 1 atom stereocenters. The van der Waals surface area contributed by atoms with Gasteiger partial charge in [-0.3, -0.25) is 14.6 Å². The summed E-state index contributed by atoms with van der Waals surface area (Å²) in [4.78, 5) is 37.3. The Kier molecular flexibility index (Phi) is 6.52. The Morgan fingerprint density at radius 2 is 1.64 bits per heavy atom. The number of amides is 2. The van der Waals surface area contributed by atoms with Gasteiger partial charge < -0.3 is 14.3 Å². The predicted molar refractivity (Wildman–Crippen MR) is 126 cm³/mol. The minimum Gasteiger partial charge on any atom is -0.337 e. The van der Waals surface area contributed by atoms with Gasteiger partial charge in [0.25, 0.3) is 5.91 Å². The summed E-state index contributed by atoms with van der Waals surface area (Å²) >= 11 is 1.56. The van der Waals surface area contributed by atoms with Crippen LogP contribution in [0, 0.1) is 0 Å². The molecule has 2 aliphatic heterocycles. The molecule has 0 spiro atoms. The van der Waals surface area contributed by atoms with E-state index in [1.807, 2.05) is 30.3 Å². The van der Waals surface area contributed by atoms with Gasteiger partial charge in [0, 0.05) is 48.6 Å². The molecule has 2 aromatic carbocycles. The molecule has 3 heterocycles. The SMILES string of the molecule is O=C(c1cccc(-c2noc(C(F)(F)F)n2)c1)N1CCN(C(=O)C2CSC(c3ccccc3)=N2)CC1. The van der Waals surface area contributed by atoms with Crippen molar-refractivity contribution < 1.29 is 27.3 Å². The number of alkyl halides is 3. The summed E-state index contributed by atoms with van der Waals surface area (Å²) < 4.78 is 42.6. The minimum absolute atomic E-state index is 0.0555. The Labute approximate surface area is 208 Å². The molecule has 0 N–H and O–H groups in total. The molecule has 0 bridgehead atoms. The maximum atomic E-state index is 13.0. The van der Waals surface area contributed by atoms with Gasteiger partial charge in [-0.05, 0) is 12.1 Å². The van der Waals surface area contributed by atoms with Crippen molar-refractivity contribution in [1.29, 1.82) is 0 Å². The number of hydrogen-bond donors (Lipinski definition) is 0. The Balaban J connectivity index is 1.21. The molecule has 1 fully saturated rings. The topological polar surface area (TPSA) is 91.9 Å². The number of nitrogens with zero attached hydrogens (tertiary/aromatic N) is 5. The normalized spacial score (nSPS) is 18.3. The van der Waals surface area contributed by atoms with Gasteiger partial charge in [-0.2, -0.15) is 18.2 Å². The monoisotopic (exact) mass is 515 g/mol. The largest absolute Gasteiger partial charge is 0.471 e. The lowest BCUT2D eigenvalue weighted by atomic mass is 10.1. The molecule has 8 nitrogen and oxygen atoms in total. The fourth-order valence-electron chi connectivity index (χ4n) is 4.01. The summed E-state index contributed by atoms with van der Waals surface area (Å²) in [5.74, 6) is -1.46. The fourth-order valence-corrected chi connectivity index (χ4v) is 5.05. The van der Waals surface area contributed by atoms with Gasteiger partial charge in [-0.1, -0.05) is 47.6 Å². The molecule has 1 unspecified atom stereocenters. The summed E-state index contributed by atoms with van der Waals surface area (Å²) in [6, 6.07) is 15.3. The van der Waals surface area contributed by atoms with E-state index in [0.29, 0.717) is 31.9 Å². The zero-order valence-electron chi connectivity index (χ0n) is 18.8. The van der Waals surface area contributed by atoms with Crippen molar-refractivity contribution >= 4 is 28.6 Å². The van der Waals surface area contributed by atoms with Crippen molar-refractivity contribution in [2.75, 3.05) is 31.9 Å². The van der Waals surface area contributed by atoms with Crippen LogP contribution in [0.1, 0.15) is 21.8 Å². The highest BCUT2D eigenvalue weighted by molar-refractivity contribution is 8.14. The van der Waals surface area contributed by atoms with E-state index in [-0.39, 0.29) is 28.8 Å². The van der Waals surface area contributed by atoms with Crippen LogP contribution < -0.4 is 0 Å². The molecule has 12 heteroatoms. The lowest BCUT2D eigenvalue weighted by Gasteiger charge is -2.35. The molecule has 3 aromatic rings. The van der Waals surface area contributed by atoms with Crippen LogP contribution in [0.4, 0.5) is 13.2 Å². The minimum atomic E-state index is -4.75. The average molecular weight is 516 g/mol. The summed E-state index contributed by atoms with van der Waals surface area (Å²) in [6.45, 7) is 1.43. The second-order valence-corrected chi connectivity index (χ2v) is 9.25. The molecule has 2 aliphatic rings. The first-order valence-corrected chi connectivity index (χ1v) is 12.1. The summed E-state index contributed by atoms with van der Waals surface area (Å²) in [5, 5.41) is 4.22. The second kappa shape index (κ2) is 9.76. The quantitative estimate of drug-likeness (QED) is 0.527. The van der Waals surface area contributed by atoms with Crippen LogP contribution in [0.15, 0.2) is 64.1 Å². The van der Waals surface area contributed by atoms with E-state index in [1.165, 1.54) is 12.1 Å². The van der Waals surface area contributed by atoms with E-state index >= 15 is 0 Å². The fraction of sp³-hybridized carbons (Fsp3) is 0.292. The molecule has 186 valence electrons.